The first kappa shape index (κ1) is 8.48. The largest absolute Gasteiger partial charge is 0.380 e. The van der Waals surface area contributed by atoms with Crippen molar-refractivity contribution in [2.24, 2.45) is 0 Å². The number of epoxide rings is 1. The van der Waals surface area contributed by atoms with Crippen LogP contribution in [0.4, 0.5) is 0 Å². The SMILES string of the molecule is CC1COCCCN1C[C@H]1CO1. The number of ether oxygens (including phenoxy) is 2. The van der Waals surface area contributed by atoms with Crippen LogP contribution >= 0.6 is 0 Å². The molecule has 2 fully saturated rings. The summed E-state index contributed by atoms with van der Waals surface area (Å²) in [5.41, 5.74) is 0. The minimum absolute atomic E-state index is 0.519. The quantitative estimate of drug-likeness (QED) is 0.565. The second-order valence-electron chi connectivity index (χ2n) is 3.73. The minimum atomic E-state index is 0.519. The van der Waals surface area contributed by atoms with Crippen LogP contribution in [-0.4, -0.2) is 50.0 Å². The summed E-state index contributed by atoms with van der Waals surface area (Å²) < 4.78 is 10.7. The molecule has 0 spiro atoms. The summed E-state index contributed by atoms with van der Waals surface area (Å²) in [6.45, 7) is 7.27. The summed E-state index contributed by atoms with van der Waals surface area (Å²) in [5, 5.41) is 0. The third kappa shape index (κ3) is 2.19. The minimum Gasteiger partial charge on any atom is -0.380 e. The summed E-state index contributed by atoms with van der Waals surface area (Å²) in [6.07, 6.45) is 1.68. The van der Waals surface area contributed by atoms with E-state index in [9.17, 15) is 0 Å². The van der Waals surface area contributed by atoms with Gasteiger partial charge in [-0.05, 0) is 13.3 Å². The van der Waals surface area contributed by atoms with E-state index < -0.39 is 0 Å². The highest BCUT2D eigenvalue weighted by Gasteiger charge is 2.28. The first-order valence-electron chi connectivity index (χ1n) is 4.79. The fourth-order valence-corrected chi connectivity index (χ4v) is 1.66. The molecule has 0 bridgehead atoms. The zero-order chi connectivity index (χ0) is 8.39. The molecule has 3 nitrogen and oxygen atoms in total. The summed E-state index contributed by atoms with van der Waals surface area (Å²) in [5.74, 6) is 0. The van der Waals surface area contributed by atoms with E-state index in [-0.39, 0.29) is 0 Å². The molecule has 2 heterocycles. The van der Waals surface area contributed by atoms with Crippen LogP contribution < -0.4 is 0 Å². The van der Waals surface area contributed by atoms with E-state index in [2.05, 4.69) is 11.8 Å². The second kappa shape index (κ2) is 3.73. The lowest BCUT2D eigenvalue weighted by molar-refractivity contribution is 0.105. The van der Waals surface area contributed by atoms with Gasteiger partial charge in [0, 0.05) is 25.7 Å². The average Bonchev–Trinajstić information content (AvgIpc) is 2.84. The third-order valence-corrected chi connectivity index (χ3v) is 2.56. The third-order valence-electron chi connectivity index (χ3n) is 2.56. The molecule has 0 aromatic heterocycles. The molecule has 2 saturated heterocycles. The average molecular weight is 171 g/mol. The van der Waals surface area contributed by atoms with Crippen molar-refractivity contribution in [2.45, 2.75) is 25.5 Å². The van der Waals surface area contributed by atoms with Gasteiger partial charge in [-0.15, -0.1) is 0 Å². The Morgan fingerprint density at radius 2 is 2.25 bits per heavy atom. The van der Waals surface area contributed by atoms with Gasteiger partial charge in [-0.25, -0.2) is 0 Å². The summed E-state index contributed by atoms with van der Waals surface area (Å²) >= 11 is 0. The maximum atomic E-state index is 5.46. The van der Waals surface area contributed by atoms with Crippen LogP contribution in [-0.2, 0) is 9.47 Å². The van der Waals surface area contributed by atoms with Crippen LogP contribution in [0, 0.1) is 0 Å². The Labute approximate surface area is 73.6 Å². The molecule has 0 aromatic carbocycles. The lowest BCUT2D eigenvalue weighted by Gasteiger charge is -2.24. The summed E-state index contributed by atoms with van der Waals surface area (Å²) in [7, 11) is 0. The Balaban J connectivity index is 1.81. The van der Waals surface area contributed by atoms with Gasteiger partial charge in [0.05, 0.1) is 19.3 Å². The lowest BCUT2D eigenvalue weighted by atomic mass is 10.2. The Kier molecular flexibility index (Phi) is 2.63. The normalized spacial score (nSPS) is 37.8. The summed E-state index contributed by atoms with van der Waals surface area (Å²) in [6, 6.07) is 0.566. The van der Waals surface area contributed by atoms with Crippen molar-refractivity contribution in [2.75, 3.05) is 32.9 Å². The van der Waals surface area contributed by atoms with Crippen molar-refractivity contribution >= 4 is 0 Å². The van der Waals surface area contributed by atoms with E-state index in [0.29, 0.717) is 12.1 Å². The van der Waals surface area contributed by atoms with E-state index in [1.165, 1.54) is 6.54 Å². The zero-order valence-electron chi connectivity index (χ0n) is 7.66. The molecule has 2 aliphatic rings. The van der Waals surface area contributed by atoms with Gasteiger partial charge in [-0.1, -0.05) is 0 Å². The molecule has 2 aliphatic heterocycles. The van der Waals surface area contributed by atoms with Crippen molar-refractivity contribution in [3.63, 3.8) is 0 Å². The molecule has 0 saturated carbocycles. The fraction of sp³-hybridized carbons (Fsp3) is 1.00. The van der Waals surface area contributed by atoms with E-state index in [4.69, 9.17) is 9.47 Å². The standard InChI is InChI=1S/C9H17NO2/c1-8-6-11-4-2-3-10(8)5-9-7-12-9/h8-9H,2-7H2,1H3/t8?,9-/m0/s1. The van der Waals surface area contributed by atoms with Gasteiger partial charge in [0.2, 0.25) is 0 Å². The van der Waals surface area contributed by atoms with Gasteiger partial charge < -0.3 is 9.47 Å². The van der Waals surface area contributed by atoms with E-state index in [1.807, 2.05) is 0 Å². The molecule has 0 aromatic rings. The van der Waals surface area contributed by atoms with Gasteiger partial charge in [-0.3, -0.25) is 4.90 Å². The predicted octanol–water partition coefficient (Wildman–Crippen LogP) is 0.496. The first-order valence-corrected chi connectivity index (χ1v) is 4.79. The van der Waals surface area contributed by atoms with Gasteiger partial charge in [0.1, 0.15) is 0 Å². The molecule has 12 heavy (non-hydrogen) atoms. The number of hydrogen-bond acceptors (Lipinski definition) is 3. The van der Waals surface area contributed by atoms with Crippen molar-refractivity contribution in [3.05, 3.63) is 0 Å². The lowest BCUT2D eigenvalue weighted by Crippen LogP contribution is -2.37. The number of nitrogens with zero attached hydrogens (tertiary/aromatic N) is 1. The van der Waals surface area contributed by atoms with Crippen LogP contribution in [0.5, 0.6) is 0 Å². The molecular weight excluding hydrogens is 154 g/mol. The van der Waals surface area contributed by atoms with Gasteiger partial charge in [0.25, 0.3) is 0 Å². The highest BCUT2D eigenvalue weighted by Crippen LogP contribution is 2.14. The highest BCUT2D eigenvalue weighted by atomic mass is 16.6. The van der Waals surface area contributed by atoms with Crippen molar-refractivity contribution in [1.82, 2.24) is 4.90 Å². The molecule has 0 aliphatic carbocycles. The Hall–Kier alpha value is -0.120. The number of hydrogen-bond donors (Lipinski definition) is 0. The summed E-state index contributed by atoms with van der Waals surface area (Å²) in [4.78, 5) is 2.48. The highest BCUT2D eigenvalue weighted by molar-refractivity contribution is 4.78. The maximum Gasteiger partial charge on any atom is 0.0936 e. The van der Waals surface area contributed by atoms with Crippen molar-refractivity contribution < 1.29 is 9.47 Å². The fourth-order valence-electron chi connectivity index (χ4n) is 1.66. The van der Waals surface area contributed by atoms with Crippen molar-refractivity contribution in [3.8, 4) is 0 Å². The van der Waals surface area contributed by atoms with Gasteiger partial charge in [-0.2, -0.15) is 0 Å². The van der Waals surface area contributed by atoms with Gasteiger partial charge >= 0.3 is 0 Å². The molecule has 3 heteroatoms. The molecule has 2 rings (SSSR count). The molecule has 1 unspecified atom stereocenters. The first-order chi connectivity index (χ1) is 5.86. The van der Waals surface area contributed by atoms with Crippen molar-refractivity contribution in [1.29, 1.82) is 0 Å². The van der Waals surface area contributed by atoms with Crippen LogP contribution in [0.25, 0.3) is 0 Å². The van der Waals surface area contributed by atoms with Crippen LogP contribution in [0.3, 0.4) is 0 Å². The number of rotatable bonds is 2. The topological polar surface area (TPSA) is 25.0 Å². The van der Waals surface area contributed by atoms with E-state index >= 15 is 0 Å². The maximum absolute atomic E-state index is 5.46. The van der Waals surface area contributed by atoms with Crippen LogP contribution in [0.1, 0.15) is 13.3 Å². The zero-order valence-corrected chi connectivity index (χ0v) is 7.66. The Morgan fingerprint density at radius 1 is 1.42 bits per heavy atom. The van der Waals surface area contributed by atoms with Crippen LogP contribution in [0.15, 0.2) is 0 Å². The molecule has 0 N–H and O–H groups in total. The second-order valence-corrected chi connectivity index (χ2v) is 3.73. The molecular formula is C9H17NO2. The smallest absolute Gasteiger partial charge is 0.0936 e. The monoisotopic (exact) mass is 171 g/mol. The van der Waals surface area contributed by atoms with Crippen LogP contribution in [0.2, 0.25) is 0 Å². The molecule has 0 amide bonds. The molecule has 2 atom stereocenters. The molecule has 70 valence electrons. The van der Waals surface area contributed by atoms with E-state index in [1.54, 1.807) is 0 Å². The van der Waals surface area contributed by atoms with Gasteiger partial charge in [0.15, 0.2) is 0 Å². The predicted molar refractivity (Wildman–Crippen MR) is 46.2 cm³/mol. The van der Waals surface area contributed by atoms with E-state index in [0.717, 1.165) is 32.8 Å². The molecule has 0 radical (unpaired) electrons. The Morgan fingerprint density at radius 3 is 3.00 bits per heavy atom. The Bertz CT molecular complexity index is 147.